The molecule has 1 aromatic rings. The number of anilines is 2. The van der Waals surface area contributed by atoms with E-state index < -0.39 is 10.0 Å². The molecular weight excluding hydrogens is 340 g/mol. The summed E-state index contributed by atoms with van der Waals surface area (Å²) in [5.41, 5.74) is 1.18. The second kappa shape index (κ2) is 9.74. The fourth-order valence-electron chi connectivity index (χ4n) is 2.50. The standard InChI is InChI=1S/C17H30N4O3S/c1-6-19-15-10-9-14(25(23,24)21(7-2)8-3)11-16(15)20-17(22)13(4)12-18-5/h9-11,13,18-19H,6-8,12H2,1-5H3,(H,20,22). The van der Waals surface area contributed by atoms with Gasteiger partial charge in [-0.05, 0) is 32.2 Å². The molecule has 0 aliphatic carbocycles. The van der Waals surface area contributed by atoms with E-state index in [4.69, 9.17) is 0 Å². The first-order chi connectivity index (χ1) is 11.8. The number of hydrogen-bond donors (Lipinski definition) is 3. The van der Waals surface area contributed by atoms with Gasteiger partial charge in [-0.3, -0.25) is 4.79 Å². The minimum Gasteiger partial charge on any atom is -0.384 e. The van der Waals surface area contributed by atoms with Gasteiger partial charge in [-0.15, -0.1) is 0 Å². The summed E-state index contributed by atoms with van der Waals surface area (Å²) in [5.74, 6) is -0.395. The van der Waals surface area contributed by atoms with Crippen LogP contribution in [-0.2, 0) is 14.8 Å². The van der Waals surface area contributed by atoms with Gasteiger partial charge in [-0.25, -0.2) is 8.42 Å². The quantitative estimate of drug-likeness (QED) is 0.586. The molecule has 142 valence electrons. The van der Waals surface area contributed by atoms with Crippen molar-refractivity contribution in [1.29, 1.82) is 0 Å². The minimum absolute atomic E-state index is 0.161. The zero-order valence-corrected chi connectivity index (χ0v) is 16.5. The topological polar surface area (TPSA) is 90.5 Å². The number of benzene rings is 1. The average Bonchev–Trinajstić information content (AvgIpc) is 2.57. The van der Waals surface area contributed by atoms with Crippen LogP contribution in [0.15, 0.2) is 23.1 Å². The fourth-order valence-corrected chi connectivity index (χ4v) is 3.98. The molecule has 1 amide bonds. The lowest BCUT2D eigenvalue weighted by Gasteiger charge is -2.20. The zero-order chi connectivity index (χ0) is 19.0. The van der Waals surface area contributed by atoms with E-state index in [1.807, 2.05) is 13.8 Å². The Morgan fingerprint density at radius 2 is 1.80 bits per heavy atom. The molecule has 1 atom stereocenters. The molecule has 0 fully saturated rings. The fraction of sp³-hybridized carbons (Fsp3) is 0.588. The molecule has 0 bridgehead atoms. The molecule has 0 spiro atoms. The molecular formula is C17H30N4O3S. The van der Waals surface area contributed by atoms with Gasteiger partial charge in [-0.1, -0.05) is 20.8 Å². The van der Waals surface area contributed by atoms with Crippen molar-refractivity contribution in [3.63, 3.8) is 0 Å². The number of rotatable bonds is 10. The second-order valence-electron chi connectivity index (χ2n) is 5.78. The Bertz CT molecular complexity index is 672. The monoisotopic (exact) mass is 370 g/mol. The number of carbonyl (C=O) groups excluding carboxylic acids is 1. The van der Waals surface area contributed by atoms with E-state index in [9.17, 15) is 13.2 Å². The van der Waals surface area contributed by atoms with Crippen LogP contribution in [0.2, 0.25) is 0 Å². The van der Waals surface area contributed by atoms with Crippen LogP contribution >= 0.6 is 0 Å². The van der Waals surface area contributed by atoms with Gasteiger partial charge in [0.1, 0.15) is 0 Å². The van der Waals surface area contributed by atoms with Crippen molar-refractivity contribution >= 4 is 27.3 Å². The maximum Gasteiger partial charge on any atom is 0.243 e. The molecule has 0 saturated carbocycles. The zero-order valence-electron chi connectivity index (χ0n) is 15.7. The second-order valence-corrected chi connectivity index (χ2v) is 7.71. The van der Waals surface area contributed by atoms with Gasteiger partial charge in [0, 0.05) is 32.1 Å². The number of nitrogens with one attached hydrogen (secondary N) is 3. The first kappa shape index (κ1) is 21.4. The molecule has 0 heterocycles. The lowest BCUT2D eigenvalue weighted by Crippen LogP contribution is -2.31. The number of carbonyl (C=O) groups is 1. The van der Waals surface area contributed by atoms with Gasteiger partial charge >= 0.3 is 0 Å². The summed E-state index contributed by atoms with van der Waals surface area (Å²) in [5, 5.41) is 8.95. The maximum atomic E-state index is 12.7. The Labute approximate surface area is 151 Å². The molecule has 8 heteroatoms. The lowest BCUT2D eigenvalue weighted by atomic mass is 10.1. The third kappa shape index (κ3) is 5.42. The van der Waals surface area contributed by atoms with Crippen LogP contribution in [0.3, 0.4) is 0 Å². The van der Waals surface area contributed by atoms with Crippen LogP contribution in [0.5, 0.6) is 0 Å². The first-order valence-corrected chi connectivity index (χ1v) is 10.1. The predicted molar refractivity (Wildman–Crippen MR) is 102 cm³/mol. The van der Waals surface area contributed by atoms with Crippen molar-refractivity contribution in [2.45, 2.75) is 32.6 Å². The van der Waals surface area contributed by atoms with E-state index >= 15 is 0 Å². The van der Waals surface area contributed by atoms with Gasteiger partial charge in [0.05, 0.1) is 16.3 Å². The highest BCUT2D eigenvalue weighted by Gasteiger charge is 2.23. The summed E-state index contributed by atoms with van der Waals surface area (Å²) in [6.45, 7) is 9.36. The van der Waals surface area contributed by atoms with E-state index in [2.05, 4.69) is 16.0 Å². The molecule has 1 unspecified atom stereocenters. The lowest BCUT2D eigenvalue weighted by molar-refractivity contribution is -0.119. The molecule has 0 aliphatic rings. The minimum atomic E-state index is -3.58. The average molecular weight is 371 g/mol. The highest BCUT2D eigenvalue weighted by atomic mass is 32.2. The van der Waals surface area contributed by atoms with Crippen molar-refractivity contribution in [3.8, 4) is 0 Å². The maximum absolute atomic E-state index is 12.7. The molecule has 0 saturated heterocycles. The van der Waals surface area contributed by atoms with Crippen LogP contribution in [-0.4, -0.2) is 51.9 Å². The molecule has 7 nitrogen and oxygen atoms in total. The summed E-state index contributed by atoms with van der Waals surface area (Å²) >= 11 is 0. The summed E-state index contributed by atoms with van der Waals surface area (Å²) in [4.78, 5) is 12.5. The summed E-state index contributed by atoms with van der Waals surface area (Å²) in [7, 11) is -1.80. The normalized spacial score (nSPS) is 12.9. The van der Waals surface area contributed by atoms with Crippen molar-refractivity contribution in [3.05, 3.63) is 18.2 Å². The van der Waals surface area contributed by atoms with Crippen LogP contribution in [0, 0.1) is 5.92 Å². The van der Waals surface area contributed by atoms with Gasteiger partial charge in [0.15, 0.2) is 0 Å². The van der Waals surface area contributed by atoms with E-state index in [0.717, 1.165) is 0 Å². The Morgan fingerprint density at radius 1 is 1.16 bits per heavy atom. The SMILES string of the molecule is CCNc1ccc(S(=O)(=O)N(CC)CC)cc1NC(=O)C(C)CNC. The van der Waals surface area contributed by atoms with Gasteiger partial charge in [-0.2, -0.15) is 4.31 Å². The smallest absolute Gasteiger partial charge is 0.243 e. The van der Waals surface area contributed by atoms with E-state index in [1.54, 1.807) is 33.0 Å². The summed E-state index contributed by atoms with van der Waals surface area (Å²) in [6.07, 6.45) is 0. The van der Waals surface area contributed by atoms with Crippen molar-refractivity contribution in [2.24, 2.45) is 5.92 Å². The third-order valence-corrected chi connectivity index (χ3v) is 5.96. The van der Waals surface area contributed by atoms with Crippen LogP contribution in [0.4, 0.5) is 11.4 Å². The molecule has 0 radical (unpaired) electrons. The Hall–Kier alpha value is -1.64. The summed E-state index contributed by atoms with van der Waals surface area (Å²) < 4.78 is 26.8. The van der Waals surface area contributed by atoms with Crippen LogP contribution < -0.4 is 16.0 Å². The van der Waals surface area contributed by atoms with Crippen molar-refractivity contribution < 1.29 is 13.2 Å². The van der Waals surface area contributed by atoms with Crippen molar-refractivity contribution in [2.75, 3.05) is 43.9 Å². The predicted octanol–water partition coefficient (Wildman–Crippen LogP) is 1.94. The molecule has 0 aromatic heterocycles. The van der Waals surface area contributed by atoms with E-state index in [0.29, 0.717) is 37.6 Å². The summed E-state index contributed by atoms with van der Waals surface area (Å²) in [6, 6.07) is 4.78. The van der Waals surface area contributed by atoms with Gasteiger partial charge < -0.3 is 16.0 Å². The molecule has 3 N–H and O–H groups in total. The van der Waals surface area contributed by atoms with Gasteiger partial charge in [0.2, 0.25) is 15.9 Å². The first-order valence-electron chi connectivity index (χ1n) is 8.65. The third-order valence-electron chi connectivity index (χ3n) is 3.92. The highest BCUT2D eigenvalue weighted by molar-refractivity contribution is 7.89. The Kier molecular flexibility index (Phi) is 8.34. The van der Waals surface area contributed by atoms with E-state index in [-0.39, 0.29) is 16.7 Å². The molecule has 1 aromatic carbocycles. The van der Waals surface area contributed by atoms with Crippen LogP contribution in [0.25, 0.3) is 0 Å². The Morgan fingerprint density at radius 3 is 2.32 bits per heavy atom. The number of nitrogens with zero attached hydrogens (tertiary/aromatic N) is 1. The highest BCUT2D eigenvalue weighted by Crippen LogP contribution is 2.27. The van der Waals surface area contributed by atoms with E-state index in [1.165, 1.54) is 10.4 Å². The largest absolute Gasteiger partial charge is 0.384 e. The number of hydrogen-bond acceptors (Lipinski definition) is 5. The van der Waals surface area contributed by atoms with Gasteiger partial charge in [0.25, 0.3) is 0 Å². The molecule has 25 heavy (non-hydrogen) atoms. The molecule has 1 rings (SSSR count). The Balaban J connectivity index is 3.23. The number of sulfonamides is 1. The number of amides is 1. The van der Waals surface area contributed by atoms with Crippen LogP contribution in [0.1, 0.15) is 27.7 Å². The molecule has 0 aliphatic heterocycles. The van der Waals surface area contributed by atoms with Crippen molar-refractivity contribution in [1.82, 2.24) is 9.62 Å².